The molecule has 0 aliphatic heterocycles. The fourth-order valence-corrected chi connectivity index (χ4v) is 0.450. The molecule has 0 spiro atoms. The van der Waals surface area contributed by atoms with E-state index in [4.69, 9.17) is 0 Å². The van der Waals surface area contributed by atoms with Gasteiger partial charge in [-0.25, -0.2) is 0 Å². The Hall–Kier alpha value is 0.384. The third-order valence-electron chi connectivity index (χ3n) is 0.612. The summed E-state index contributed by atoms with van der Waals surface area (Å²) in [6.07, 6.45) is 2.48. The van der Waals surface area contributed by atoms with Gasteiger partial charge in [0, 0.05) is 0 Å². The molecule has 1 nitrogen and oxygen atoms in total. The van der Waals surface area contributed by atoms with Gasteiger partial charge in [0.05, 0.1) is 0 Å². The minimum absolute atomic E-state index is 1.01. The van der Waals surface area contributed by atoms with Crippen molar-refractivity contribution in [1.82, 2.24) is 0 Å². The van der Waals surface area contributed by atoms with Crippen LogP contribution in [0.25, 0.3) is 0 Å². The van der Waals surface area contributed by atoms with E-state index in [9.17, 15) is 0 Å². The van der Waals surface area contributed by atoms with E-state index in [0.29, 0.717) is 0 Å². The Bertz CT molecular complexity index is 36.5. The summed E-state index contributed by atoms with van der Waals surface area (Å²) in [6.45, 7) is 3.18. The van der Waals surface area contributed by atoms with Gasteiger partial charge < -0.3 is 0 Å². The Morgan fingerprint density at radius 1 is 1.67 bits per heavy atom. The monoisotopic (exact) mass is 122 g/mol. The molecule has 0 aliphatic carbocycles. The zero-order valence-electron chi connectivity index (χ0n) is 4.02. The number of hydrogen-bond donors (Lipinski definition) is 0. The van der Waals surface area contributed by atoms with Crippen LogP contribution in [0.2, 0.25) is 0 Å². The maximum absolute atomic E-state index is 3.86. The standard InChI is InChI=1S/C4H9N.V/c1-2-3-4-5;/h2-4H2,1H3;. The van der Waals surface area contributed by atoms with E-state index in [0.717, 1.165) is 6.54 Å². The quantitative estimate of drug-likeness (QED) is 0.503. The summed E-state index contributed by atoms with van der Waals surface area (Å²) < 4.78 is 3.86. The second-order valence-corrected chi connectivity index (χ2v) is 1.66. The van der Waals surface area contributed by atoms with Gasteiger partial charge in [-0.2, -0.15) is 0 Å². The Labute approximate surface area is 47.9 Å². The molecule has 0 saturated carbocycles. The zero-order valence-corrected chi connectivity index (χ0v) is 5.41. The molecule has 0 heterocycles. The molecule has 0 aliphatic rings. The van der Waals surface area contributed by atoms with Gasteiger partial charge in [-0.05, 0) is 0 Å². The molecule has 2 heteroatoms. The van der Waals surface area contributed by atoms with Crippen LogP contribution in [0.5, 0.6) is 0 Å². The van der Waals surface area contributed by atoms with Crippen molar-refractivity contribution < 1.29 is 17.2 Å². The second kappa shape index (κ2) is 5.38. The van der Waals surface area contributed by atoms with Crippen LogP contribution in [0.15, 0.2) is 3.79 Å². The first-order valence-electron chi connectivity index (χ1n) is 2.22. The van der Waals surface area contributed by atoms with Crippen molar-refractivity contribution in [2.24, 2.45) is 3.79 Å². The van der Waals surface area contributed by atoms with Crippen molar-refractivity contribution in [1.29, 1.82) is 0 Å². The summed E-state index contributed by atoms with van der Waals surface area (Å²) in [5.74, 6) is 0. The van der Waals surface area contributed by atoms with Crippen LogP contribution in [-0.2, 0) is 17.2 Å². The molecule has 0 saturated heterocycles. The summed E-state index contributed by atoms with van der Waals surface area (Å²) in [4.78, 5) is 0. The third kappa shape index (κ3) is 4.38. The van der Waals surface area contributed by atoms with E-state index < -0.39 is 0 Å². The Kier molecular flexibility index (Phi) is 5.73. The van der Waals surface area contributed by atoms with Gasteiger partial charge in [-0.15, -0.1) is 0 Å². The molecule has 0 rings (SSSR count). The van der Waals surface area contributed by atoms with Crippen LogP contribution in [0.3, 0.4) is 0 Å². The average molecular weight is 122 g/mol. The minimum atomic E-state index is 1.01. The van der Waals surface area contributed by atoms with Crippen molar-refractivity contribution in [2.75, 3.05) is 6.54 Å². The summed E-state index contributed by atoms with van der Waals surface area (Å²) in [7, 11) is 0. The van der Waals surface area contributed by atoms with Gasteiger partial charge in [0.2, 0.25) is 0 Å². The van der Waals surface area contributed by atoms with Crippen LogP contribution in [0.4, 0.5) is 0 Å². The van der Waals surface area contributed by atoms with Gasteiger partial charge in [0.1, 0.15) is 0 Å². The molecule has 35 valence electrons. The fraction of sp³-hybridized carbons (Fsp3) is 1.00. The molecule has 0 aromatic heterocycles. The van der Waals surface area contributed by atoms with Crippen molar-refractivity contribution in [2.45, 2.75) is 19.8 Å². The molecule has 0 unspecified atom stereocenters. The van der Waals surface area contributed by atoms with E-state index >= 15 is 0 Å². The van der Waals surface area contributed by atoms with Crippen LogP contribution in [-0.4, -0.2) is 6.54 Å². The van der Waals surface area contributed by atoms with Crippen LogP contribution in [0.1, 0.15) is 19.8 Å². The third-order valence-corrected chi connectivity index (χ3v) is 0.924. The van der Waals surface area contributed by atoms with E-state index in [-0.39, 0.29) is 0 Å². The molecular formula is C4H9NV. The SMILES string of the molecule is CCCC[N]=[V]. The molecule has 0 amide bonds. The van der Waals surface area contributed by atoms with Crippen molar-refractivity contribution in [3.05, 3.63) is 0 Å². The van der Waals surface area contributed by atoms with E-state index in [1.54, 1.807) is 0 Å². The first-order chi connectivity index (χ1) is 2.91. The van der Waals surface area contributed by atoms with Crippen LogP contribution in [0, 0.1) is 0 Å². The molecule has 0 N–H and O–H groups in total. The Morgan fingerprint density at radius 3 is 2.50 bits per heavy atom. The number of rotatable bonds is 3. The summed E-state index contributed by atoms with van der Waals surface area (Å²) in [5.41, 5.74) is 0. The summed E-state index contributed by atoms with van der Waals surface area (Å²) in [6, 6.07) is 0. The molecule has 0 aromatic carbocycles. The molecular weight excluding hydrogens is 113 g/mol. The molecule has 0 bridgehead atoms. The van der Waals surface area contributed by atoms with Gasteiger partial charge in [0.25, 0.3) is 0 Å². The van der Waals surface area contributed by atoms with Gasteiger partial charge in [-0.3, -0.25) is 0 Å². The number of unbranched alkanes of at least 4 members (excludes halogenated alkanes) is 1. The number of nitrogens with zero attached hydrogens (tertiary/aromatic N) is 1. The number of hydrogen-bond acceptors (Lipinski definition) is 1. The Balaban J connectivity index is 2.49. The average Bonchev–Trinajstić information content (AvgIpc) is 1.61. The Morgan fingerprint density at radius 2 is 2.33 bits per heavy atom. The predicted molar refractivity (Wildman–Crippen MR) is 22.2 cm³/mol. The second-order valence-electron chi connectivity index (χ2n) is 1.22. The van der Waals surface area contributed by atoms with Crippen molar-refractivity contribution in [3.8, 4) is 0 Å². The predicted octanol–water partition coefficient (Wildman–Crippen LogP) is 1.52. The molecule has 0 fully saturated rings. The molecule has 6 heavy (non-hydrogen) atoms. The molecule has 0 atom stereocenters. The van der Waals surface area contributed by atoms with Gasteiger partial charge >= 0.3 is 47.3 Å². The summed E-state index contributed by atoms with van der Waals surface area (Å²) >= 11 is 2.23. The summed E-state index contributed by atoms with van der Waals surface area (Å²) in [5, 5.41) is 0. The van der Waals surface area contributed by atoms with E-state index in [1.165, 1.54) is 12.8 Å². The van der Waals surface area contributed by atoms with E-state index in [2.05, 4.69) is 27.9 Å². The van der Waals surface area contributed by atoms with Gasteiger partial charge in [-0.1, -0.05) is 0 Å². The van der Waals surface area contributed by atoms with Gasteiger partial charge in [0.15, 0.2) is 0 Å². The molecule has 0 aromatic rings. The first-order valence-corrected chi connectivity index (χ1v) is 2.85. The molecule has 0 radical (unpaired) electrons. The normalized spacial score (nSPS) is 8.00. The maximum atomic E-state index is 3.86. The topological polar surface area (TPSA) is 12.4 Å². The fourth-order valence-electron chi connectivity index (χ4n) is 0.229. The first kappa shape index (κ1) is 6.38. The zero-order chi connectivity index (χ0) is 4.83. The van der Waals surface area contributed by atoms with Crippen LogP contribution < -0.4 is 0 Å². The van der Waals surface area contributed by atoms with Crippen molar-refractivity contribution >= 4 is 0 Å². The van der Waals surface area contributed by atoms with Crippen LogP contribution >= 0.6 is 0 Å². The van der Waals surface area contributed by atoms with E-state index in [1.807, 2.05) is 0 Å². The van der Waals surface area contributed by atoms with Crippen molar-refractivity contribution in [3.63, 3.8) is 0 Å².